The molecule has 1 aliphatic heterocycles. The van der Waals surface area contributed by atoms with Crippen molar-refractivity contribution in [1.82, 2.24) is 4.98 Å². The van der Waals surface area contributed by atoms with E-state index in [1.165, 1.54) is 30.3 Å². The summed E-state index contributed by atoms with van der Waals surface area (Å²) < 4.78 is 5.08. The second kappa shape index (κ2) is 5.57. The fourth-order valence-electron chi connectivity index (χ4n) is 1.86. The average molecular weight is 295 g/mol. The van der Waals surface area contributed by atoms with Gasteiger partial charge in [0.25, 0.3) is 5.69 Å². The lowest BCUT2D eigenvalue weighted by Crippen LogP contribution is -2.05. The lowest BCUT2D eigenvalue weighted by Gasteiger charge is -1.98. The van der Waals surface area contributed by atoms with E-state index in [2.05, 4.69) is 9.98 Å². The molecule has 0 bridgehead atoms. The van der Waals surface area contributed by atoms with Gasteiger partial charge < -0.3 is 4.74 Å². The number of nitro benzene ring substituents is 1. The van der Waals surface area contributed by atoms with Crippen LogP contribution in [0.2, 0.25) is 0 Å². The Morgan fingerprint density at radius 3 is 2.55 bits per heavy atom. The van der Waals surface area contributed by atoms with Gasteiger partial charge >= 0.3 is 5.97 Å². The summed E-state index contributed by atoms with van der Waals surface area (Å²) in [7, 11) is 0. The smallest absolute Gasteiger partial charge is 0.363 e. The molecule has 1 aliphatic rings. The van der Waals surface area contributed by atoms with Crippen LogP contribution in [0.5, 0.6) is 0 Å². The van der Waals surface area contributed by atoms with E-state index in [0.717, 1.165) is 0 Å². The van der Waals surface area contributed by atoms with Crippen molar-refractivity contribution in [3.05, 3.63) is 75.7 Å². The summed E-state index contributed by atoms with van der Waals surface area (Å²) in [6.45, 7) is 0. The summed E-state index contributed by atoms with van der Waals surface area (Å²) in [5.74, 6) is -0.471. The summed E-state index contributed by atoms with van der Waals surface area (Å²) in [6.07, 6.45) is 3.12. The number of carbonyl (C=O) groups is 1. The first-order valence-electron chi connectivity index (χ1n) is 6.32. The van der Waals surface area contributed by atoms with Crippen LogP contribution in [-0.4, -0.2) is 21.8 Å². The number of esters is 1. The number of pyridine rings is 1. The summed E-state index contributed by atoms with van der Waals surface area (Å²) in [5, 5.41) is 10.6. The number of ether oxygens (including phenoxy) is 1. The van der Waals surface area contributed by atoms with Gasteiger partial charge in [-0.15, -0.1) is 0 Å². The number of rotatable bonds is 3. The predicted molar refractivity (Wildman–Crippen MR) is 77.9 cm³/mol. The molecule has 0 aliphatic carbocycles. The largest absolute Gasteiger partial charge is 0.402 e. The number of nitrogens with zero attached hydrogens (tertiary/aromatic N) is 3. The molecular weight excluding hydrogens is 286 g/mol. The summed E-state index contributed by atoms with van der Waals surface area (Å²) in [5.41, 5.74) is 1.16. The minimum absolute atomic E-state index is 0.0436. The first-order valence-corrected chi connectivity index (χ1v) is 6.32. The molecule has 0 saturated heterocycles. The first kappa shape index (κ1) is 13.6. The summed E-state index contributed by atoms with van der Waals surface area (Å²) in [4.78, 5) is 30.1. The van der Waals surface area contributed by atoms with Crippen LogP contribution in [0.1, 0.15) is 11.3 Å². The zero-order valence-corrected chi connectivity index (χ0v) is 11.2. The fraction of sp³-hybridized carbons (Fsp3) is 0. The molecule has 7 nitrogen and oxygen atoms in total. The molecule has 1 aromatic heterocycles. The van der Waals surface area contributed by atoms with E-state index in [4.69, 9.17) is 4.74 Å². The number of carbonyl (C=O) groups excluding carboxylic acids is 1. The third kappa shape index (κ3) is 2.73. The zero-order valence-electron chi connectivity index (χ0n) is 11.2. The van der Waals surface area contributed by atoms with E-state index in [-0.39, 0.29) is 17.3 Å². The van der Waals surface area contributed by atoms with Crippen molar-refractivity contribution in [2.45, 2.75) is 0 Å². The minimum atomic E-state index is -0.584. The molecule has 0 saturated carbocycles. The molecule has 0 fully saturated rings. The number of aliphatic imine (C=N–C) groups is 1. The molecule has 22 heavy (non-hydrogen) atoms. The van der Waals surface area contributed by atoms with Crippen molar-refractivity contribution in [3.8, 4) is 0 Å². The highest BCUT2D eigenvalue weighted by atomic mass is 16.6. The maximum atomic E-state index is 11.8. The quantitative estimate of drug-likeness (QED) is 0.375. The number of benzene rings is 1. The Labute approximate surface area is 124 Å². The Bertz CT molecular complexity index is 795. The van der Waals surface area contributed by atoms with Gasteiger partial charge in [0.15, 0.2) is 5.70 Å². The normalized spacial score (nSPS) is 15.5. The molecule has 0 amide bonds. The Morgan fingerprint density at radius 1 is 1.14 bits per heavy atom. The highest BCUT2D eigenvalue weighted by molar-refractivity contribution is 6.12. The lowest BCUT2D eigenvalue weighted by atomic mass is 10.2. The van der Waals surface area contributed by atoms with Gasteiger partial charge in [-0.25, -0.2) is 9.79 Å². The second-order valence-electron chi connectivity index (χ2n) is 4.39. The number of hydrogen-bond acceptors (Lipinski definition) is 6. The van der Waals surface area contributed by atoms with Crippen molar-refractivity contribution >= 4 is 23.6 Å². The van der Waals surface area contributed by atoms with Gasteiger partial charge in [-0.3, -0.25) is 15.1 Å². The monoisotopic (exact) mass is 295 g/mol. The van der Waals surface area contributed by atoms with Crippen molar-refractivity contribution < 1.29 is 14.5 Å². The Morgan fingerprint density at radius 2 is 1.91 bits per heavy atom. The van der Waals surface area contributed by atoms with E-state index in [1.807, 2.05) is 0 Å². The highest BCUT2D eigenvalue weighted by Gasteiger charge is 2.24. The number of non-ortho nitro benzene ring substituents is 1. The highest BCUT2D eigenvalue weighted by Crippen LogP contribution is 2.20. The van der Waals surface area contributed by atoms with Gasteiger partial charge in [-0.2, -0.15) is 0 Å². The topological polar surface area (TPSA) is 94.7 Å². The Hall–Kier alpha value is -3.35. The van der Waals surface area contributed by atoms with Crippen LogP contribution in [0.15, 0.2) is 59.4 Å². The third-order valence-electron chi connectivity index (χ3n) is 2.92. The number of aromatic nitrogens is 1. The zero-order chi connectivity index (χ0) is 15.5. The van der Waals surface area contributed by atoms with E-state index < -0.39 is 10.9 Å². The minimum Gasteiger partial charge on any atom is -0.402 e. The molecule has 0 atom stereocenters. The van der Waals surface area contributed by atoms with E-state index >= 15 is 0 Å². The van der Waals surface area contributed by atoms with Crippen LogP contribution in [0.25, 0.3) is 6.08 Å². The van der Waals surface area contributed by atoms with Gasteiger partial charge in [-0.1, -0.05) is 6.07 Å². The van der Waals surface area contributed by atoms with Crippen molar-refractivity contribution in [3.63, 3.8) is 0 Å². The maximum Gasteiger partial charge on any atom is 0.363 e. The van der Waals surface area contributed by atoms with Gasteiger partial charge in [0.05, 0.1) is 10.6 Å². The Balaban J connectivity index is 1.90. The number of nitro groups is 1. The van der Waals surface area contributed by atoms with Crippen LogP contribution in [0.4, 0.5) is 5.69 Å². The molecule has 2 heterocycles. The van der Waals surface area contributed by atoms with Crippen LogP contribution >= 0.6 is 0 Å². The molecule has 0 N–H and O–H groups in total. The van der Waals surface area contributed by atoms with Crippen LogP contribution in [-0.2, 0) is 9.53 Å². The van der Waals surface area contributed by atoms with Crippen molar-refractivity contribution in [2.24, 2.45) is 4.99 Å². The molecule has 1 aromatic carbocycles. The second-order valence-corrected chi connectivity index (χ2v) is 4.39. The SMILES string of the molecule is O=C1OC(c2ccc([N+](=O)[O-])cc2)=N/C1=C/c1ccccn1. The van der Waals surface area contributed by atoms with Crippen LogP contribution in [0, 0.1) is 10.1 Å². The molecule has 108 valence electrons. The fourth-order valence-corrected chi connectivity index (χ4v) is 1.86. The van der Waals surface area contributed by atoms with Crippen LogP contribution in [0.3, 0.4) is 0 Å². The number of hydrogen-bond donors (Lipinski definition) is 0. The van der Waals surface area contributed by atoms with Gasteiger partial charge in [-0.05, 0) is 30.3 Å². The maximum absolute atomic E-state index is 11.8. The Kier molecular flexibility index (Phi) is 3.45. The molecule has 0 radical (unpaired) electrons. The molecule has 7 heteroatoms. The van der Waals surface area contributed by atoms with E-state index in [1.54, 1.807) is 24.4 Å². The van der Waals surface area contributed by atoms with Crippen molar-refractivity contribution in [1.29, 1.82) is 0 Å². The van der Waals surface area contributed by atoms with E-state index in [9.17, 15) is 14.9 Å². The van der Waals surface area contributed by atoms with Gasteiger partial charge in [0.2, 0.25) is 5.90 Å². The third-order valence-corrected chi connectivity index (χ3v) is 2.92. The van der Waals surface area contributed by atoms with Crippen LogP contribution < -0.4 is 0 Å². The van der Waals surface area contributed by atoms with Crippen molar-refractivity contribution in [2.75, 3.05) is 0 Å². The lowest BCUT2D eigenvalue weighted by molar-refractivity contribution is -0.384. The standard InChI is InChI=1S/C15H9N3O4/c19-15-13(9-11-3-1-2-8-16-11)17-14(22-15)10-4-6-12(7-5-10)18(20)21/h1-9H/b13-9+. The summed E-state index contributed by atoms with van der Waals surface area (Å²) >= 11 is 0. The first-order chi connectivity index (χ1) is 10.6. The number of cyclic esters (lactones) is 1. The van der Waals surface area contributed by atoms with Gasteiger partial charge in [0, 0.05) is 23.9 Å². The average Bonchev–Trinajstić information content (AvgIpc) is 2.89. The van der Waals surface area contributed by atoms with E-state index in [0.29, 0.717) is 11.3 Å². The molecule has 2 aromatic rings. The predicted octanol–water partition coefficient (Wildman–Crippen LogP) is 2.33. The van der Waals surface area contributed by atoms with Gasteiger partial charge in [0.1, 0.15) is 0 Å². The molecule has 0 unspecified atom stereocenters. The summed E-state index contributed by atoms with van der Waals surface area (Å²) in [6, 6.07) is 10.9. The molecular formula is C15H9N3O4. The molecule has 3 rings (SSSR count). The molecule has 0 spiro atoms.